The highest BCUT2D eigenvalue weighted by molar-refractivity contribution is 6.02. The second-order valence-corrected chi connectivity index (χ2v) is 6.78. The molecule has 0 radical (unpaired) electrons. The van der Waals surface area contributed by atoms with Crippen molar-refractivity contribution >= 4 is 23.6 Å². The van der Waals surface area contributed by atoms with Gasteiger partial charge in [-0.15, -0.1) is 0 Å². The molecule has 0 saturated heterocycles. The Balaban J connectivity index is 1.51. The number of aromatic nitrogens is 1. The molecular formula is C20H23N3O7. The predicted octanol–water partition coefficient (Wildman–Crippen LogP) is 1.96. The summed E-state index contributed by atoms with van der Waals surface area (Å²) in [4.78, 5) is 39.0. The quantitative estimate of drug-likeness (QED) is 0.545. The monoisotopic (exact) mass is 417 g/mol. The fourth-order valence-electron chi connectivity index (χ4n) is 3.24. The molecule has 10 heteroatoms. The molecule has 2 aromatic rings. The summed E-state index contributed by atoms with van der Waals surface area (Å²) in [6.07, 6.45) is -0.754. The molecule has 1 aliphatic rings. The van der Waals surface area contributed by atoms with Crippen LogP contribution in [0.3, 0.4) is 0 Å². The first kappa shape index (κ1) is 21.2. The third-order valence-electron chi connectivity index (χ3n) is 4.50. The van der Waals surface area contributed by atoms with Gasteiger partial charge < -0.3 is 29.6 Å². The summed E-state index contributed by atoms with van der Waals surface area (Å²) in [7, 11) is 0. The van der Waals surface area contributed by atoms with Crippen LogP contribution >= 0.6 is 0 Å². The van der Waals surface area contributed by atoms with Crippen molar-refractivity contribution in [1.29, 1.82) is 0 Å². The molecule has 0 unspecified atom stereocenters. The first-order valence-electron chi connectivity index (χ1n) is 9.31. The van der Waals surface area contributed by atoms with E-state index in [0.717, 1.165) is 0 Å². The summed E-state index contributed by atoms with van der Waals surface area (Å²) in [5, 5.41) is 14.4. The van der Waals surface area contributed by atoms with Crippen LogP contribution in [-0.4, -0.2) is 47.8 Å². The number of esters is 1. The zero-order valence-corrected chi connectivity index (χ0v) is 16.8. The molecule has 160 valence electrons. The SMILES string of the molecule is Cc1[nH]c(C(=O)OCC(=O)NC(=O)Nc2ccc3c(c2)OCCO3)c(C)c1[C@@H](C)O. The number of urea groups is 1. The number of aryl methyl sites for hydroxylation is 1. The lowest BCUT2D eigenvalue weighted by molar-refractivity contribution is -0.123. The summed E-state index contributed by atoms with van der Waals surface area (Å²) < 4.78 is 15.8. The highest BCUT2D eigenvalue weighted by Crippen LogP contribution is 2.32. The van der Waals surface area contributed by atoms with Crippen molar-refractivity contribution < 1.29 is 33.7 Å². The first-order chi connectivity index (χ1) is 14.3. The van der Waals surface area contributed by atoms with Crippen LogP contribution in [0.1, 0.15) is 40.3 Å². The number of carbonyl (C=O) groups is 3. The van der Waals surface area contributed by atoms with Crippen molar-refractivity contribution in [2.75, 3.05) is 25.1 Å². The maximum Gasteiger partial charge on any atom is 0.355 e. The van der Waals surface area contributed by atoms with E-state index in [1.807, 2.05) is 0 Å². The molecule has 4 N–H and O–H groups in total. The van der Waals surface area contributed by atoms with Gasteiger partial charge in [0, 0.05) is 23.0 Å². The van der Waals surface area contributed by atoms with E-state index in [4.69, 9.17) is 14.2 Å². The zero-order valence-electron chi connectivity index (χ0n) is 16.8. The topological polar surface area (TPSA) is 139 Å². The number of rotatable bonds is 5. The Hall–Kier alpha value is -3.53. The van der Waals surface area contributed by atoms with E-state index in [9.17, 15) is 19.5 Å². The minimum absolute atomic E-state index is 0.150. The number of imide groups is 1. The van der Waals surface area contributed by atoms with Crippen LogP contribution in [0.15, 0.2) is 18.2 Å². The molecule has 1 aliphatic heterocycles. The number of fused-ring (bicyclic) bond motifs is 1. The van der Waals surface area contributed by atoms with E-state index in [0.29, 0.717) is 47.2 Å². The van der Waals surface area contributed by atoms with Gasteiger partial charge in [0.1, 0.15) is 18.9 Å². The Morgan fingerprint density at radius 2 is 1.90 bits per heavy atom. The second-order valence-electron chi connectivity index (χ2n) is 6.78. The third-order valence-corrected chi connectivity index (χ3v) is 4.50. The lowest BCUT2D eigenvalue weighted by Gasteiger charge is -2.19. The molecule has 1 atom stereocenters. The van der Waals surface area contributed by atoms with Gasteiger partial charge in [-0.05, 0) is 38.5 Å². The number of nitrogens with one attached hydrogen (secondary N) is 3. The molecular weight excluding hydrogens is 394 g/mol. The Morgan fingerprint density at radius 3 is 2.57 bits per heavy atom. The summed E-state index contributed by atoms with van der Waals surface area (Å²) in [6, 6.07) is 4.05. The highest BCUT2D eigenvalue weighted by atomic mass is 16.6. The van der Waals surface area contributed by atoms with Crippen molar-refractivity contribution in [1.82, 2.24) is 10.3 Å². The number of aliphatic hydroxyl groups excluding tert-OH is 1. The number of anilines is 1. The van der Waals surface area contributed by atoms with Crippen LogP contribution in [0, 0.1) is 13.8 Å². The molecule has 3 rings (SSSR count). The van der Waals surface area contributed by atoms with Crippen LogP contribution in [0.25, 0.3) is 0 Å². The summed E-state index contributed by atoms with van der Waals surface area (Å²) >= 11 is 0. The van der Waals surface area contributed by atoms with Crippen LogP contribution in [0.2, 0.25) is 0 Å². The van der Waals surface area contributed by atoms with Crippen LogP contribution in [0.4, 0.5) is 10.5 Å². The minimum atomic E-state index is -0.796. The largest absolute Gasteiger partial charge is 0.486 e. The number of hydrogen-bond acceptors (Lipinski definition) is 7. The molecule has 10 nitrogen and oxygen atoms in total. The Kier molecular flexibility index (Phi) is 6.26. The van der Waals surface area contributed by atoms with Crippen LogP contribution < -0.4 is 20.1 Å². The third kappa shape index (κ3) is 4.71. The van der Waals surface area contributed by atoms with E-state index in [-0.39, 0.29) is 5.69 Å². The molecule has 30 heavy (non-hydrogen) atoms. The molecule has 1 aromatic heterocycles. The maximum absolute atomic E-state index is 12.2. The van der Waals surface area contributed by atoms with Crippen LogP contribution in [0.5, 0.6) is 11.5 Å². The molecule has 0 saturated carbocycles. The van der Waals surface area contributed by atoms with Crippen molar-refractivity contribution in [3.8, 4) is 11.5 Å². The van der Waals surface area contributed by atoms with Gasteiger partial charge in [0.25, 0.3) is 5.91 Å². The van der Waals surface area contributed by atoms with E-state index in [1.54, 1.807) is 39.0 Å². The Labute approximate surface area is 172 Å². The average Bonchev–Trinajstić information content (AvgIpc) is 3.00. The van der Waals surface area contributed by atoms with Gasteiger partial charge in [0.2, 0.25) is 0 Å². The fourth-order valence-corrected chi connectivity index (χ4v) is 3.24. The number of ether oxygens (including phenoxy) is 3. The molecule has 0 fully saturated rings. The van der Waals surface area contributed by atoms with Gasteiger partial charge in [-0.2, -0.15) is 0 Å². The van der Waals surface area contributed by atoms with Crippen molar-refractivity contribution in [2.45, 2.75) is 26.9 Å². The van der Waals surface area contributed by atoms with Crippen molar-refractivity contribution in [3.63, 3.8) is 0 Å². The summed E-state index contributed by atoms with van der Waals surface area (Å²) in [5.41, 5.74) is 2.34. The minimum Gasteiger partial charge on any atom is -0.486 e. The van der Waals surface area contributed by atoms with E-state index in [1.165, 1.54) is 0 Å². The molecule has 3 amide bonds. The standard InChI is InChI=1S/C20H23N3O7/c1-10-17(12(3)24)11(2)21-18(10)19(26)30-9-16(25)23-20(27)22-13-4-5-14-15(8-13)29-7-6-28-14/h4-5,8,12,21,24H,6-7,9H2,1-3H3,(H2,22,23,25,27)/t12-/m1/s1. The average molecular weight is 417 g/mol. The number of aliphatic hydroxyl groups is 1. The summed E-state index contributed by atoms with van der Waals surface area (Å²) in [6.45, 7) is 5.20. The fraction of sp³-hybridized carbons (Fsp3) is 0.350. The molecule has 0 spiro atoms. The number of hydrogen-bond donors (Lipinski definition) is 4. The predicted molar refractivity (Wildman–Crippen MR) is 106 cm³/mol. The molecule has 1 aromatic carbocycles. The summed E-state index contributed by atoms with van der Waals surface area (Å²) in [5.74, 6) is -0.490. The number of amides is 3. The first-order valence-corrected chi connectivity index (χ1v) is 9.31. The van der Waals surface area contributed by atoms with E-state index in [2.05, 4.69) is 15.6 Å². The van der Waals surface area contributed by atoms with Gasteiger partial charge in [-0.3, -0.25) is 10.1 Å². The van der Waals surface area contributed by atoms with Gasteiger partial charge >= 0.3 is 12.0 Å². The second kappa shape index (κ2) is 8.87. The Morgan fingerprint density at radius 1 is 1.20 bits per heavy atom. The normalized spacial score (nSPS) is 13.3. The molecule has 0 bridgehead atoms. The number of aromatic amines is 1. The van der Waals surface area contributed by atoms with Gasteiger partial charge in [0.15, 0.2) is 18.1 Å². The number of benzene rings is 1. The van der Waals surface area contributed by atoms with Gasteiger partial charge in [-0.1, -0.05) is 0 Å². The molecule has 2 heterocycles. The highest BCUT2D eigenvalue weighted by Gasteiger charge is 2.22. The van der Waals surface area contributed by atoms with Crippen molar-refractivity contribution in [3.05, 3.63) is 40.7 Å². The molecule has 0 aliphatic carbocycles. The smallest absolute Gasteiger partial charge is 0.355 e. The lowest BCUT2D eigenvalue weighted by Crippen LogP contribution is -2.37. The van der Waals surface area contributed by atoms with Gasteiger partial charge in [-0.25, -0.2) is 9.59 Å². The number of H-pyrrole nitrogens is 1. The van der Waals surface area contributed by atoms with Crippen LogP contribution in [-0.2, 0) is 9.53 Å². The van der Waals surface area contributed by atoms with Crippen molar-refractivity contribution in [2.24, 2.45) is 0 Å². The van der Waals surface area contributed by atoms with E-state index < -0.39 is 30.6 Å². The van der Waals surface area contributed by atoms with E-state index >= 15 is 0 Å². The lowest BCUT2D eigenvalue weighted by atomic mass is 10.1. The number of carbonyl (C=O) groups excluding carboxylic acids is 3. The van der Waals surface area contributed by atoms with Gasteiger partial charge in [0.05, 0.1) is 6.10 Å². The Bertz CT molecular complexity index is 981. The zero-order chi connectivity index (χ0) is 21.8. The maximum atomic E-state index is 12.2.